The minimum absolute atomic E-state index is 0.00809. The lowest BCUT2D eigenvalue weighted by Crippen LogP contribution is -2.28. The average Bonchev–Trinajstić information content (AvgIpc) is 3.09. The van der Waals surface area contributed by atoms with Crippen LogP contribution in [-0.2, 0) is 24.1 Å². The third-order valence-electron chi connectivity index (χ3n) is 5.05. The summed E-state index contributed by atoms with van der Waals surface area (Å²) in [6, 6.07) is 12.3. The summed E-state index contributed by atoms with van der Waals surface area (Å²) in [5, 5.41) is 3.11. The van der Waals surface area contributed by atoms with Gasteiger partial charge in [-0.15, -0.1) is 0 Å². The van der Waals surface area contributed by atoms with Crippen molar-refractivity contribution in [3.05, 3.63) is 58.7 Å². The van der Waals surface area contributed by atoms with Crippen LogP contribution in [0.25, 0.3) is 0 Å². The normalized spacial score (nSPS) is 16.2. The van der Waals surface area contributed by atoms with E-state index in [2.05, 4.69) is 23.5 Å². The number of rotatable bonds is 4. The Balaban J connectivity index is 1.40. The fourth-order valence-corrected chi connectivity index (χ4v) is 3.63. The van der Waals surface area contributed by atoms with E-state index in [9.17, 15) is 4.79 Å². The van der Waals surface area contributed by atoms with Crippen LogP contribution in [0.5, 0.6) is 11.5 Å². The average molecular weight is 337 g/mol. The molecule has 0 aromatic heterocycles. The number of amides is 1. The summed E-state index contributed by atoms with van der Waals surface area (Å²) in [6.07, 6.45) is 5.23. The molecule has 0 bridgehead atoms. The Morgan fingerprint density at radius 2 is 1.84 bits per heavy atom. The van der Waals surface area contributed by atoms with Crippen LogP contribution in [0.2, 0.25) is 0 Å². The van der Waals surface area contributed by atoms with E-state index in [0.29, 0.717) is 12.2 Å². The topological polar surface area (TPSA) is 47.6 Å². The Labute approximate surface area is 148 Å². The molecule has 0 unspecified atom stereocenters. The van der Waals surface area contributed by atoms with Gasteiger partial charge in [0.05, 0.1) is 12.5 Å². The highest BCUT2D eigenvalue weighted by atomic mass is 16.7. The summed E-state index contributed by atoms with van der Waals surface area (Å²) >= 11 is 0. The fourth-order valence-electron chi connectivity index (χ4n) is 3.63. The second-order valence-corrected chi connectivity index (χ2v) is 6.89. The van der Waals surface area contributed by atoms with Gasteiger partial charge >= 0.3 is 0 Å². The molecule has 4 heteroatoms. The fraction of sp³-hybridized carbons (Fsp3) is 0.381. The molecule has 4 nitrogen and oxygen atoms in total. The van der Waals surface area contributed by atoms with Crippen molar-refractivity contribution < 1.29 is 14.3 Å². The summed E-state index contributed by atoms with van der Waals surface area (Å²) in [5.74, 6) is 1.48. The van der Waals surface area contributed by atoms with Crippen LogP contribution in [0, 0.1) is 0 Å². The van der Waals surface area contributed by atoms with E-state index in [1.54, 1.807) is 0 Å². The predicted molar refractivity (Wildman–Crippen MR) is 95.9 cm³/mol. The highest BCUT2D eigenvalue weighted by Crippen LogP contribution is 2.32. The first-order valence-electron chi connectivity index (χ1n) is 8.98. The minimum Gasteiger partial charge on any atom is -0.454 e. The van der Waals surface area contributed by atoms with E-state index in [1.165, 1.54) is 36.0 Å². The zero-order chi connectivity index (χ0) is 17.2. The van der Waals surface area contributed by atoms with E-state index in [-0.39, 0.29) is 18.7 Å². The van der Waals surface area contributed by atoms with Gasteiger partial charge in [-0.25, -0.2) is 0 Å². The molecule has 130 valence electrons. The summed E-state index contributed by atoms with van der Waals surface area (Å²) in [5.41, 5.74) is 5.02. The first-order chi connectivity index (χ1) is 12.2. The third-order valence-corrected chi connectivity index (χ3v) is 5.05. The van der Waals surface area contributed by atoms with E-state index >= 15 is 0 Å². The summed E-state index contributed by atoms with van der Waals surface area (Å²) in [4.78, 5) is 12.4. The van der Waals surface area contributed by atoms with E-state index in [4.69, 9.17) is 9.47 Å². The number of nitrogens with one attached hydrogen (secondary N) is 1. The summed E-state index contributed by atoms with van der Waals surface area (Å²) in [7, 11) is 0. The van der Waals surface area contributed by atoms with Gasteiger partial charge in [-0.2, -0.15) is 0 Å². The van der Waals surface area contributed by atoms with Gasteiger partial charge in [0.25, 0.3) is 0 Å². The molecule has 1 heterocycles. The lowest BCUT2D eigenvalue weighted by Gasteiger charge is -2.20. The second kappa shape index (κ2) is 6.79. The standard InChI is InChI=1S/C21H23NO3/c1-14(17-8-7-16-4-2-3-5-18(16)12-17)22-21(23)11-15-6-9-19-20(10-15)25-13-24-19/h6-10,12,14H,2-5,11,13H2,1H3,(H,22,23)/t14-/m1/s1. The molecule has 0 saturated carbocycles. The molecule has 0 fully saturated rings. The van der Waals surface area contributed by atoms with Crippen molar-refractivity contribution in [1.29, 1.82) is 0 Å². The molecule has 0 radical (unpaired) electrons. The van der Waals surface area contributed by atoms with Crippen LogP contribution in [-0.4, -0.2) is 12.7 Å². The van der Waals surface area contributed by atoms with Crippen molar-refractivity contribution in [1.82, 2.24) is 5.32 Å². The van der Waals surface area contributed by atoms with Crippen molar-refractivity contribution in [2.45, 2.75) is 45.1 Å². The molecule has 1 aliphatic carbocycles. The second-order valence-electron chi connectivity index (χ2n) is 6.89. The van der Waals surface area contributed by atoms with E-state index < -0.39 is 0 Å². The zero-order valence-corrected chi connectivity index (χ0v) is 14.5. The lowest BCUT2D eigenvalue weighted by molar-refractivity contribution is -0.121. The molecular weight excluding hydrogens is 314 g/mol. The SMILES string of the molecule is C[C@@H](NC(=O)Cc1ccc2c(c1)OCO2)c1ccc2c(c1)CCCC2. The van der Waals surface area contributed by atoms with Crippen LogP contribution in [0.15, 0.2) is 36.4 Å². The number of carbonyl (C=O) groups is 1. The van der Waals surface area contributed by atoms with Crippen molar-refractivity contribution in [3.63, 3.8) is 0 Å². The Kier molecular flexibility index (Phi) is 4.35. The molecular formula is C21H23NO3. The van der Waals surface area contributed by atoms with Gasteiger partial charge in [-0.05, 0) is 67.0 Å². The molecule has 2 aliphatic rings. The zero-order valence-electron chi connectivity index (χ0n) is 14.5. The summed E-state index contributed by atoms with van der Waals surface area (Å²) in [6.45, 7) is 2.29. The minimum atomic E-state index is 0.00809. The number of benzene rings is 2. The maximum absolute atomic E-state index is 12.4. The van der Waals surface area contributed by atoms with E-state index in [0.717, 1.165) is 17.7 Å². The number of aryl methyl sites for hydroxylation is 2. The molecule has 0 spiro atoms. The maximum atomic E-state index is 12.4. The van der Waals surface area contributed by atoms with Gasteiger partial charge in [0, 0.05) is 0 Å². The van der Waals surface area contributed by atoms with E-state index in [1.807, 2.05) is 25.1 Å². The van der Waals surface area contributed by atoms with Crippen molar-refractivity contribution in [2.24, 2.45) is 0 Å². The van der Waals surface area contributed by atoms with Crippen LogP contribution in [0.4, 0.5) is 0 Å². The third kappa shape index (κ3) is 3.48. The van der Waals surface area contributed by atoms with Crippen LogP contribution in [0.3, 0.4) is 0 Å². The molecule has 1 N–H and O–H groups in total. The number of hydrogen-bond acceptors (Lipinski definition) is 3. The highest BCUT2D eigenvalue weighted by molar-refractivity contribution is 5.79. The summed E-state index contributed by atoms with van der Waals surface area (Å²) < 4.78 is 10.7. The Bertz CT molecular complexity index is 800. The largest absolute Gasteiger partial charge is 0.454 e. The monoisotopic (exact) mass is 337 g/mol. The predicted octanol–water partition coefficient (Wildman–Crippen LogP) is 3.71. The van der Waals surface area contributed by atoms with Gasteiger partial charge in [-0.3, -0.25) is 4.79 Å². The quantitative estimate of drug-likeness (QED) is 0.925. The Morgan fingerprint density at radius 3 is 2.72 bits per heavy atom. The van der Waals surface area contributed by atoms with Gasteiger partial charge < -0.3 is 14.8 Å². The highest BCUT2D eigenvalue weighted by Gasteiger charge is 2.17. The van der Waals surface area contributed by atoms with Gasteiger partial charge in [0.15, 0.2) is 11.5 Å². The Hall–Kier alpha value is -2.49. The lowest BCUT2D eigenvalue weighted by atomic mass is 9.89. The maximum Gasteiger partial charge on any atom is 0.231 e. The number of carbonyl (C=O) groups excluding carboxylic acids is 1. The van der Waals surface area contributed by atoms with Gasteiger partial charge in [-0.1, -0.05) is 24.3 Å². The molecule has 1 aliphatic heterocycles. The van der Waals surface area contributed by atoms with Crippen LogP contribution in [0.1, 0.15) is 48.1 Å². The molecule has 1 atom stereocenters. The Morgan fingerprint density at radius 1 is 1.04 bits per heavy atom. The van der Waals surface area contributed by atoms with Gasteiger partial charge in [0.2, 0.25) is 12.7 Å². The molecule has 2 aromatic carbocycles. The molecule has 1 amide bonds. The molecule has 2 aromatic rings. The molecule has 0 saturated heterocycles. The van der Waals surface area contributed by atoms with Crippen LogP contribution >= 0.6 is 0 Å². The molecule has 4 rings (SSSR count). The van der Waals surface area contributed by atoms with Crippen molar-refractivity contribution in [3.8, 4) is 11.5 Å². The first-order valence-corrected chi connectivity index (χ1v) is 8.98. The van der Waals surface area contributed by atoms with Crippen molar-refractivity contribution >= 4 is 5.91 Å². The number of fused-ring (bicyclic) bond motifs is 2. The number of ether oxygens (including phenoxy) is 2. The van der Waals surface area contributed by atoms with Crippen molar-refractivity contribution in [2.75, 3.05) is 6.79 Å². The molecule has 25 heavy (non-hydrogen) atoms. The van der Waals surface area contributed by atoms with Gasteiger partial charge in [0.1, 0.15) is 0 Å². The number of hydrogen-bond donors (Lipinski definition) is 1. The van der Waals surface area contributed by atoms with Crippen LogP contribution < -0.4 is 14.8 Å². The smallest absolute Gasteiger partial charge is 0.231 e. The first kappa shape index (κ1) is 16.0.